The van der Waals surface area contributed by atoms with Gasteiger partial charge in [0.25, 0.3) is 0 Å². The fraction of sp³-hybridized carbons (Fsp3) is 0.417. The van der Waals surface area contributed by atoms with Gasteiger partial charge in [-0.3, -0.25) is 9.59 Å². The highest BCUT2D eigenvalue weighted by molar-refractivity contribution is 7.80. The molecule has 5 nitrogen and oxygen atoms in total. The fourth-order valence-corrected chi connectivity index (χ4v) is 4.29. The molecular weight excluding hydrogens is 394 g/mol. The number of piperidine rings is 1. The zero-order valence-electron chi connectivity index (χ0n) is 17.4. The van der Waals surface area contributed by atoms with E-state index in [9.17, 15) is 9.59 Å². The van der Waals surface area contributed by atoms with Crippen LogP contribution in [-0.2, 0) is 16.0 Å². The monoisotopic (exact) mass is 425 g/mol. The number of Topliss-reactive ketones (excluding diaryl/α,β-unsaturated/α-hetero) is 1. The van der Waals surface area contributed by atoms with E-state index in [1.165, 1.54) is 11.1 Å². The molecular formula is C24H31N3O2S. The SMILES string of the molecule is Cc1ccccc1CC1(C(=O)NC(C(=O)[C@@H](N)CS)c2ccccc2)CCNCC1. The van der Waals surface area contributed by atoms with Crippen molar-refractivity contribution in [3.63, 3.8) is 0 Å². The Balaban J connectivity index is 1.90. The molecule has 0 aliphatic carbocycles. The van der Waals surface area contributed by atoms with Crippen LogP contribution in [0.4, 0.5) is 0 Å². The molecule has 0 radical (unpaired) electrons. The lowest BCUT2D eigenvalue weighted by atomic mass is 9.72. The van der Waals surface area contributed by atoms with E-state index in [2.05, 4.69) is 42.3 Å². The molecule has 1 amide bonds. The summed E-state index contributed by atoms with van der Waals surface area (Å²) in [5, 5.41) is 6.42. The molecule has 2 aromatic carbocycles. The van der Waals surface area contributed by atoms with E-state index < -0.39 is 17.5 Å². The molecule has 1 saturated heterocycles. The summed E-state index contributed by atoms with van der Waals surface area (Å²) in [6.07, 6.45) is 2.10. The van der Waals surface area contributed by atoms with Crippen molar-refractivity contribution in [2.75, 3.05) is 18.8 Å². The van der Waals surface area contributed by atoms with E-state index in [0.29, 0.717) is 6.42 Å². The Morgan fingerprint density at radius 1 is 1.10 bits per heavy atom. The van der Waals surface area contributed by atoms with Crippen molar-refractivity contribution < 1.29 is 9.59 Å². The van der Waals surface area contributed by atoms with E-state index in [1.807, 2.05) is 42.5 Å². The average molecular weight is 426 g/mol. The highest BCUT2D eigenvalue weighted by Gasteiger charge is 2.41. The van der Waals surface area contributed by atoms with E-state index in [4.69, 9.17) is 5.73 Å². The summed E-state index contributed by atoms with van der Waals surface area (Å²) < 4.78 is 0. The van der Waals surface area contributed by atoms with Gasteiger partial charge in [-0.25, -0.2) is 0 Å². The Kier molecular flexibility index (Phi) is 7.69. The number of hydrogen-bond acceptors (Lipinski definition) is 5. The number of carbonyl (C=O) groups excluding carboxylic acids is 2. The van der Waals surface area contributed by atoms with Gasteiger partial charge < -0.3 is 16.4 Å². The Hall–Kier alpha value is -2.15. The molecule has 1 aliphatic heterocycles. The maximum absolute atomic E-state index is 13.7. The number of hydrogen-bond donors (Lipinski definition) is 4. The minimum atomic E-state index is -0.774. The van der Waals surface area contributed by atoms with Crippen LogP contribution in [0.25, 0.3) is 0 Å². The predicted octanol–water partition coefficient (Wildman–Crippen LogP) is 2.59. The van der Waals surface area contributed by atoms with Gasteiger partial charge in [0.05, 0.1) is 11.5 Å². The molecule has 0 bridgehead atoms. The first-order chi connectivity index (χ1) is 14.5. The van der Waals surface area contributed by atoms with Crippen LogP contribution in [0.2, 0.25) is 0 Å². The molecule has 0 aromatic heterocycles. The zero-order valence-corrected chi connectivity index (χ0v) is 18.3. The highest BCUT2D eigenvalue weighted by atomic mass is 32.1. The molecule has 4 N–H and O–H groups in total. The van der Waals surface area contributed by atoms with Gasteiger partial charge in [-0.1, -0.05) is 54.6 Å². The second-order valence-electron chi connectivity index (χ2n) is 8.14. The third kappa shape index (κ3) is 5.12. The van der Waals surface area contributed by atoms with Gasteiger partial charge in [0.2, 0.25) is 5.91 Å². The lowest BCUT2D eigenvalue weighted by molar-refractivity contribution is -0.136. The molecule has 1 fully saturated rings. The molecule has 1 unspecified atom stereocenters. The number of amides is 1. The normalized spacial score (nSPS) is 17.7. The molecule has 6 heteroatoms. The van der Waals surface area contributed by atoms with Gasteiger partial charge in [-0.05, 0) is 56.0 Å². The first-order valence-corrected chi connectivity index (χ1v) is 11.1. The molecule has 0 spiro atoms. The molecule has 2 aromatic rings. The number of nitrogens with one attached hydrogen (secondary N) is 2. The number of rotatable bonds is 8. The largest absolute Gasteiger partial charge is 0.342 e. The summed E-state index contributed by atoms with van der Waals surface area (Å²) in [5.74, 6) is -0.0682. The number of nitrogens with two attached hydrogens (primary N) is 1. The zero-order chi connectivity index (χ0) is 21.6. The first-order valence-electron chi connectivity index (χ1n) is 10.5. The van der Waals surface area contributed by atoms with Crippen molar-refractivity contribution in [1.82, 2.24) is 10.6 Å². The third-order valence-electron chi connectivity index (χ3n) is 6.09. The molecule has 3 rings (SSSR count). The Labute approximate surface area is 184 Å². The van der Waals surface area contributed by atoms with E-state index in [1.54, 1.807) is 0 Å². The van der Waals surface area contributed by atoms with Crippen LogP contribution in [0.3, 0.4) is 0 Å². The smallest absolute Gasteiger partial charge is 0.227 e. The Morgan fingerprint density at radius 2 is 1.73 bits per heavy atom. The molecule has 1 heterocycles. The van der Waals surface area contributed by atoms with Gasteiger partial charge >= 0.3 is 0 Å². The van der Waals surface area contributed by atoms with Crippen LogP contribution in [-0.4, -0.2) is 36.6 Å². The van der Waals surface area contributed by atoms with Gasteiger partial charge in [0.15, 0.2) is 5.78 Å². The lowest BCUT2D eigenvalue weighted by Crippen LogP contribution is -2.52. The van der Waals surface area contributed by atoms with Gasteiger partial charge in [0, 0.05) is 5.75 Å². The number of thiol groups is 1. The first kappa shape index (κ1) is 22.5. The van der Waals surface area contributed by atoms with E-state index in [0.717, 1.165) is 31.5 Å². The minimum Gasteiger partial charge on any atom is -0.342 e. The molecule has 1 aliphatic rings. The number of ketones is 1. The summed E-state index contributed by atoms with van der Waals surface area (Å²) in [7, 11) is 0. The van der Waals surface area contributed by atoms with E-state index in [-0.39, 0.29) is 17.4 Å². The highest BCUT2D eigenvalue weighted by Crippen LogP contribution is 2.35. The quantitative estimate of drug-likeness (QED) is 0.490. The number of benzene rings is 2. The van der Waals surface area contributed by atoms with Crippen LogP contribution in [0.5, 0.6) is 0 Å². The van der Waals surface area contributed by atoms with Gasteiger partial charge in [-0.15, -0.1) is 0 Å². The molecule has 0 saturated carbocycles. The van der Waals surface area contributed by atoms with Crippen LogP contribution in [0, 0.1) is 12.3 Å². The molecule has 30 heavy (non-hydrogen) atoms. The van der Waals surface area contributed by atoms with Crippen molar-refractivity contribution in [2.45, 2.75) is 38.3 Å². The van der Waals surface area contributed by atoms with Crippen molar-refractivity contribution in [1.29, 1.82) is 0 Å². The number of carbonyl (C=O) groups is 2. The van der Waals surface area contributed by atoms with Crippen molar-refractivity contribution in [3.8, 4) is 0 Å². The third-order valence-corrected chi connectivity index (χ3v) is 6.48. The van der Waals surface area contributed by atoms with E-state index >= 15 is 0 Å². The Morgan fingerprint density at radius 3 is 2.37 bits per heavy atom. The predicted molar refractivity (Wildman–Crippen MR) is 124 cm³/mol. The summed E-state index contributed by atoms with van der Waals surface area (Å²) >= 11 is 4.18. The maximum Gasteiger partial charge on any atom is 0.227 e. The van der Waals surface area contributed by atoms with Crippen LogP contribution in [0.1, 0.15) is 35.6 Å². The van der Waals surface area contributed by atoms with Crippen LogP contribution in [0.15, 0.2) is 54.6 Å². The lowest BCUT2D eigenvalue weighted by Gasteiger charge is -2.38. The second kappa shape index (κ2) is 10.2. The van der Waals surface area contributed by atoms with Gasteiger partial charge in [-0.2, -0.15) is 12.6 Å². The summed E-state index contributed by atoms with van der Waals surface area (Å²) in [4.78, 5) is 26.7. The van der Waals surface area contributed by atoms with Crippen LogP contribution >= 0.6 is 12.6 Å². The Bertz CT molecular complexity index is 866. The standard InChI is InChI=1S/C24H31N3O2S/c1-17-7-5-6-10-19(17)15-24(11-13-26-14-12-24)23(29)27-21(22(28)20(25)16-30)18-8-3-2-4-9-18/h2-10,20-21,26,30H,11-16,25H2,1H3,(H,27,29)/t20-,21?/m0/s1. The van der Waals surface area contributed by atoms with Crippen molar-refractivity contribution in [2.24, 2.45) is 11.1 Å². The second-order valence-corrected chi connectivity index (χ2v) is 8.51. The maximum atomic E-state index is 13.7. The summed E-state index contributed by atoms with van der Waals surface area (Å²) in [6.45, 7) is 3.63. The molecule has 2 atom stereocenters. The summed E-state index contributed by atoms with van der Waals surface area (Å²) in [6, 6.07) is 16.0. The summed E-state index contributed by atoms with van der Waals surface area (Å²) in [5.41, 5.74) is 8.53. The fourth-order valence-electron chi connectivity index (χ4n) is 4.11. The topological polar surface area (TPSA) is 84.2 Å². The van der Waals surface area contributed by atoms with Crippen molar-refractivity contribution >= 4 is 24.3 Å². The minimum absolute atomic E-state index is 0.0826. The molecule has 160 valence electrons. The number of aryl methyl sites for hydroxylation is 1. The van der Waals surface area contributed by atoms with Crippen LogP contribution < -0.4 is 16.4 Å². The average Bonchev–Trinajstić information content (AvgIpc) is 2.79. The van der Waals surface area contributed by atoms with Crippen molar-refractivity contribution in [3.05, 3.63) is 71.3 Å². The van der Waals surface area contributed by atoms with Gasteiger partial charge in [0.1, 0.15) is 6.04 Å².